The molecular weight excluding hydrogens is 349 g/mol. The molecule has 0 aliphatic carbocycles. The number of ether oxygens (including phenoxy) is 1. The summed E-state index contributed by atoms with van der Waals surface area (Å²) in [6.07, 6.45) is -4.71. The first-order valence-electron chi connectivity index (χ1n) is 7.81. The topological polar surface area (TPSA) is 111 Å². The zero-order valence-electron chi connectivity index (χ0n) is 14.3. The highest BCUT2D eigenvalue weighted by molar-refractivity contribution is 6.45. The predicted octanol–water partition coefficient (Wildman–Crippen LogP) is 2.55. The molecule has 4 N–H and O–H groups in total. The Labute approximate surface area is 148 Å². The number of hydrazone groups is 1. The van der Waals surface area contributed by atoms with Crippen LogP contribution in [0.4, 0.5) is 24.5 Å². The van der Waals surface area contributed by atoms with Gasteiger partial charge in [-0.05, 0) is 32.0 Å². The van der Waals surface area contributed by atoms with Gasteiger partial charge in [0.25, 0.3) is 0 Å². The number of halogens is 3. The zero-order chi connectivity index (χ0) is 19.5. The highest BCUT2D eigenvalue weighted by atomic mass is 19.4. The van der Waals surface area contributed by atoms with Crippen LogP contribution in [-0.4, -0.2) is 36.8 Å². The maximum atomic E-state index is 13.1. The number of nitriles is 1. The Morgan fingerprint density at radius 3 is 2.50 bits per heavy atom. The molecule has 1 saturated heterocycles. The molecule has 1 aliphatic rings. The number of rotatable bonds is 4. The van der Waals surface area contributed by atoms with Gasteiger partial charge in [-0.1, -0.05) is 0 Å². The van der Waals surface area contributed by atoms with Crippen LogP contribution in [0.5, 0.6) is 0 Å². The molecule has 0 amide bonds. The van der Waals surface area contributed by atoms with E-state index in [1.807, 2.05) is 18.7 Å². The Kier molecular flexibility index (Phi) is 5.72. The first-order chi connectivity index (χ1) is 12.1. The minimum Gasteiger partial charge on any atom is -0.382 e. The summed E-state index contributed by atoms with van der Waals surface area (Å²) in [5.74, 6) is -0.581. The first kappa shape index (κ1) is 19.5. The summed E-state index contributed by atoms with van der Waals surface area (Å²) in [5.41, 5.74) is 6.94. The van der Waals surface area contributed by atoms with Crippen LogP contribution in [0.3, 0.4) is 0 Å². The van der Waals surface area contributed by atoms with E-state index in [2.05, 4.69) is 10.5 Å². The van der Waals surface area contributed by atoms with Gasteiger partial charge in [0, 0.05) is 13.1 Å². The van der Waals surface area contributed by atoms with Gasteiger partial charge < -0.3 is 15.4 Å². The number of alkyl halides is 3. The number of anilines is 2. The summed E-state index contributed by atoms with van der Waals surface area (Å²) in [7, 11) is 0. The lowest BCUT2D eigenvalue weighted by atomic mass is 10.1. The van der Waals surface area contributed by atoms with Crippen molar-refractivity contribution in [2.45, 2.75) is 32.2 Å². The van der Waals surface area contributed by atoms with Crippen LogP contribution in [0.2, 0.25) is 0 Å². The summed E-state index contributed by atoms with van der Waals surface area (Å²) < 4.78 is 44.8. The second kappa shape index (κ2) is 7.61. The van der Waals surface area contributed by atoms with E-state index in [0.717, 1.165) is 12.1 Å². The van der Waals surface area contributed by atoms with Gasteiger partial charge in [0.1, 0.15) is 6.07 Å². The van der Waals surface area contributed by atoms with Crippen molar-refractivity contribution in [1.82, 2.24) is 0 Å². The molecular formula is C16H19F3N6O. The van der Waals surface area contributed by atoms with Crippen molar-refractivity contribution in [1.29, 1.82) is 10.7 Å². The molecule has 1 fully saturated rings. The third kappa shape index (κ3) is 4.64. The average molecular weight is 368 g/mol. The van der Waals surface area contributed by atoms with E-state index >= 15 is 0 Å². The molecule has 7 nitrogen and oxygen atoms in total. The summed E-state index contributed by atoms with van der Waals surface area (Å²) in [5, 5.41) is 19.8. The highest BCUT2D eigenvalue weighted by Crippen LogP contribution is 2.36. The Hall–Kier alpha value is -2.80. The number of amidine groups is 1. The van der Waals surface area contributed by atoms with Gasteiger partial charge in [-0.2, -0.15) is 23.5 Å². The molecule has 0 saturated carbocycles. The molecule has 1 aromatic carbocycles. The lowest BCUT2D eigenvalue weighted by molar-refractivity contribution is -0.137. The second-order valence-corrected chi connectivity index (χ2v) is 5.99. The summed E-state index contributed by atoms with van der Waals surface area (Å²) >= 11 is 0. The number of nitrogens with one attached hydrogen (secondary N) is 2. The Bertz CT molecular complexity index is 745. The van der Waals surface area contributed by atoms with E-state index in [1.165, 1.54) is 6.07 Å². The summed E-state index contributed by atoms with van der Waals surface area (Å²) in [6.45, 7) is 4.74. The van der Waals surface area contributed by atoms with Crippen LogP contribution in [0.1, 0.15) is 19.4 Å². The molecule has 0 aromatic heterocycles. The van der Waals surface area contributed by atoms with Crippen molar-refractivity contribution in [2.24, 2.45) is 10.8 Å². The fraction of sp³-hybridized carbons (Fsp3) is 0.438. The van der Waals surface area contributed by atoms with Gasteiger partial charge in [0.2, 0.25) is 5.71 Å². The van der Waals surface area contributed by atoms with Crippen LogP contribution >= 0.6 is 0 Å². The number of nitrogens with two attached hydrogens (primary N) is 1. The van der Waals surface area contributed by atoms with Crippen molar-refractivity contribution < 1.29 is 17.9 Å². The maximum absolute atomic E-state index is 13.1. The Morgan fingerprint density at radius 1 is 1.38 bits per heavy atom. The Balaban J connectivity index is 2.44. The van der Waals surface area contributed by atoms with Gasteiger partial charge in [0.15, 0.2) is 5.84 Å². The molecule has 2 rings (SSSR count). The molecule has 0 spiro atoms. The van der Waals surface area contributed by atoms with Gasteiger partial charge in [-0.15, -0.1) is 0 Å². The number of hydrogen-bond acceptors (Lipinski definition) is 6. The number of morpholine rings is 1. The Morgan fingerprint density at radius 2 is 2.00 bits per heavy atom. The molecule has 140 valence electrons. The predicted molar refractivity (Wildman–Crippen MR) is 92.3 cm³/mol. The largest absolute Gasteiger partial charge is 0.416 e. The maximum Gasteiger partial charge on any atom is 0.416 e. The number of nitrogens with zero attached hydrogens (tertiary/aromatic N) is 3. The van der Waals surface area contributed by atoms with E-state index in [9.17, 15) is 13.2 Å². The second-order valence-electron chi connectivity index (χ2n) is 5.99. The van der Waals surface area contributed by atoms with Crippen molar-refractivity contribution in [3.8, 4) is 6.07 Å². The normalized spacial score (nSPS) is 21.2. The lowest BCUT2D eigenvalue weighted by Gasteiger charge is -2.37. The SMILES string of the molecule is CC1CN(c2ccc(C(F)(F)F)cc2N/N=C(\C#N)C(=N)N)CC(C)O1. The van der Waals surface area contributed by atoms with Crippen molar-refractivity contribution in [3.05, 3.63) is 23.8 Å². The van der Waals surface area contributed by atoms with Crippen molar-refractivity contribution in [2.75, 3.05) is 23.4 Å². The monoisotopic (exact) mass is 368 g/mol. The summed E-state index contributed by atoms with van der Waals surface area (Å²) in [4.78, 5) is 1.89. The van der Waals surface area contributed by atoms with Crippen LogP contribution < -0.4 is 16.1 Å². The van der Waals surface area contributed by atoms with Gasteiger partial charge in [-0.25, -0.2) is 0 Å². The minimum atomic E-state index is -4.52. The van der Waals surface area contributed by atoms with Gasteiger partial charge in [0.05, 0.1) is 29.1 Å². The van der Waals surface area contributed by atoms with Crippen LogP contribution in [0.25, 0.3) is 0 Å². The molecule has 0 radical (unpaired) electrons. The van der Waals surface area contributed by atoms with Gasteiger partial charge in [-0.3, -0.25) is 10.8 Å². The quantitative estimate of drug-likeness (QED) is 0.430. The first-order valence-corrected chi connectivity index (χ1v) is 7.81. The molecule has 1 aliphatic heterocycles. The van der Waals surface area contributed by atoms with E-state index in [0.29, 0.717) is 18.8 Å². The van der Waals surface area contributed by atoms with Crippen LogP contribution in [-0.2, 0) is 10.9 Å². The van der Waals surface area contributed by atoms with Crippen LogP contribution in [0, 0.1) is 16.7 Å². The molecule has 10 heteroatoms. The van der Waals surface area contributed by atoms with Gasteiger partial charge >= 0.3 is 6.18 Å². The van der Waals surface area contributed by atoms with E-state index in [4.69, 9.17) is 21.1 Å². The number of benzene rings is 1. The molecule has 2 atom stereocenters. The standard InChI is InChI=1S/C16H19F3N6O/c1-9-7-25(8-10(2)26-9)14-4-3-11(16(17,18)19)5-12(14)23-24-13(6-20)15(21)22/h3-5,9-10,23H,7-8H2,1-2H3,(H3,21,22)/b24-13+. The van der Waals surface area contributed by atoms with Crippen molar-refractivity contribution in [3.63, 3.8) is 0 Å². The van der Waals surface area contributed by atoms with E-state index < -0.39 is 23.3 Å². The molecule has 26 heavy (non-hydrogen) atoms. The van der Waals surface area contributed by atoms with E-state index in [-0.39, 0.29) is 17.9 Å². The zero-order valence-corrected chi connectivity index (χ0v) is 14.3. The van der Waals surface area contributed by atoms with Crippen LogP contribution in [0.15, 0.2) is 23.3 Å². The molecule has 1 heterocycles. The molecule has 1 aromatic rings. The third-order valence-electron chi connectivity index (χ3n) is 3.73. The molecule has 0 bridgehead atoms. The van der Waals surface area contributed by atoms with E-state index in [1.54, 1.807) is 6.07 Å². The lowest BCUT2D eigenvalue weighted by Crippen LogP contribution is -2.45. The third-order valence-corrected chi connectivity index (χ3v) is 3.73. The number of hydrogen-bond donors (Lipinski definition) is 3. The molecule has 2 unspecified atom stereocenters. The summed E-state index contributed by atoms with van der Waals surface area (Å²) in [6, 6.07) is 4.87. The average Bonchev–Trinajstić information content (AvgIpc) is 2.53. The smallest absolute Gasteiger partial charge is 0.382 e. The minimum absolute atomic E-state index is 0.0649. The highest BCUT2D eigenvalue weighted by Gasteiger charge is 2.32. The fourth-order valence-corrected chi connectivity index (χ4v) is 2.71. The van der Waals surface area contributed by atoms with Crippen molar-refractivity contribution >= 4 is 22.9 Å². The fourth-order valence-electron chi connectivity index (χ4n) is 2.71.